The van der Waals surface area contributed by atoms with Gasteiger partial charge in [0.05, 0.1) is 27.8 Å². The van der Waals surface area contributed by atoms with Crippen LogP contribution in [0.15, 0.2) is 23.6 Å². The van der Waals surface area contributed by atoms with Gasteiger partial charge in [-0.05, 0) is 41.1 Å². The SMILES string of the molecule is COc1cc(CC(=O)NCCC(=O)N2CCc3sccc3C2)cc(OC)c1OC. The summed E-state index contributed by atoms with van der Waals surface area (Å²) in [6, 6.07) is 5.58. The lowest BCUT2D eigenvalue weighted by Crippen LogP contribution is -2.37. The van der Waals surface area contributed by atoms with E-state index in [1.807, 2.05) is 4.90 Å². The van der Waals surface area contributed by atoms with E-state index in [1.165, 1.54) is 31.8 Å². The number of benzene rings is 1. The number of carbonyl (C=O) groups is 2. The van der Waals surface area contributed by atoms with Gasteiger partial charge in [-0.3, -0.25) is 9.59 Å². The van der Waals surface area contributed by atoms with Crippen LogP contribution in [0.4, 0.5) is 0 Å². The van der Waals surface area contributed by atoms with Crippen LogP contribution in [-0.2, 0) is 29.0 Å². The summed E-state index contributed by atoms with van der Waals surface area (Å²) in [5, 5.41) is 4.89. The molecule has 0 bridgehead atoms. The molecule has 0 atom stereocenters. The minimum Gasteiger partial charge on any atom is -0.493 e. The van der Waals surface area contributed by atoms with Crippen LogP contribution in [-0.4, -0.2) is 51.1 Å². The van der Waals surface area contributed by atoms with Gasteiger partial charge >= 0.3 is 0 Å². The summed E-state index contributed by atoms with van der Waals surface area (Å²) in [5.74, 6) is 1.39. The fraction of sp³-hybridized carbons (Fsp3) is 0.429. The van der Waals surface area contributed by atoms with E-state index in [-0.39, 0.29) is 18.2 Å². The zero-order chi connectivity index (χ0) is 20.8. The summed E-state index contributed by atoms with van der Waals surface area (Å²) in [7, 11) is 4.60. The molecule has 2 amide bonds. The molecule has 156 valence electrons. The van der Waals surface area contributed by atoms with Gasteiger partial charge in [0, 0.05) is 30.9 Å². The minimum absolute atomic E-state index is 0.0648. The highest BCUT2D eigenvalue weighted by molar-refractivity contribution is 7.10. The molecule has 2 heterocycles. The minimum atomic E-state index is -0.161. The number of nitrogens with zero attached hydrogens (tertiary/aromatic N) is 1. The number of hydrogen-bond acceptors (Lipinski definition) is 6. The van der Waals surface area contributed by atoms with E-state index in [2.05, 4.69) is 16.8 Å². The molecule has 0 spiro atoms. The molecule has 0 unspecified atom stereocenters. The molecule has 0 aliphatic carbocycles. The van der Waals surface area contributed by atoms with Crippen molar-refractivity contribution in [2.45, 2.75) is 25.8 Å². The first-order valence-electron chi connectivity index (χ1n) is 9.44. The fourth-order valence-corrected chi connectivity index (χ4v) is 4.30. The predicted octanol–water partition coefficient (Wildman–Crippen LogP) is 2.41. The van der Waals surface area contributed by atoms with Crippen molar-refractivity contribution in [2.24, 2.45) is 0 Å². The zero-order valence-electron chi connectivity index (χ0n) is 16.9. The van der Waals surface area contributed by atoms with E-state index >= 15 is 0 Å². The quantitative estimate of drug-likeness (QED) is 0.712. The average molecular weight is 419 g/mol. The number of rotatable bonds is 8. The average Bonchev–Trinajstić information content (AvgIpc) is 3.20. The lowest BCUT2D eigenvalue weighted by Gasteiger charge is -2.27. The first kappa shape index (κ1) is 21.0. The maximum Gasteiger partial charge on any atom is 0.224 e. The van der Waals surface area contributed by atoms with Gasteiger partial charge < -0.3 is 24.4 Å². The molecule has 0 radical (unpaired) electrons. The van der Waals surface area contributed by atoms with Crippen LogP contribution in [0.5, 0.6) is 17.2 Å². The third kappa shape index (κ3) is 5.00. The number of amides is 2. The second-order valence-corrected chi connectivity index (χ2v) is 7.75. The molecule has 2 aromatic rings. The monoisotopic (exact) mass is 418 g/mol. The van der Waals surface area contributed by atoms with Gasteiger partial charge in [-0.15, -0.1) is 11.3 Å². The highest BCUT2D eigenvalue weighted by atomic mass is 32.1. The van der Waals surface area contributed by atoms with Gasteiger partial charge in [0.25, 0.3) is 0 Å². The number of ether oxygens (including phenoxy) is 3. The van der Waals surface area contributed by atoms with Crippen LogP contribution < -0.4 is 19.5 Å². The summed E-state index contributed by atoms with van der Waals surface area (Å²) in [6.07, 6.45) is 1.36. The number of nitrogens with one attached hydrogen (secondary N) is 1. The van der Waals surface area contributed by atoms with E-state index in [0.717, 1.165) is 18.5 Å². The zero-order valence-corrected chi connectivity index (χ0v) is 17.8. The van der Waals surface area contributed by atoms with Crippen LogP contribution >= 0.6 is 11.3 Å². The molecule has 1 aliphatic heterocycles. The molecule has 1 aliphatic rings. The Balaban J connectivity index is 1.49. The maximum absolute atomic E-state index is 12.4. The second-order valence-electron chi connectivity index (χ2n) is 6.74. The predicted molar refractivity (Wildman–Crippen MR) is 111 cm³/mol. The van der Waals surface area contributed by atoms with Crippen LogP contribution in [0.25, 0.3) is 0 Å². The van der Waals surface area contributed by atoms with E-state index < -0.39 is 0 Å². The van der Waals surface area contributed by atoms with Crippen LogP contribution in [0, 0.1) is 0 Å². The topological polar surface area (TPSA) is 77.1 Å². The fourth-order valence-electron chi connectivity index (χ4n) is 3.41. The summed E-state index contributed by atoms with van der Waals surface area (Å²) < 4.78 is 15.9. The van der Waals surface area contributed by atoms with Gasteiger partial charge in [0.2, 0.25) is 17.6 Å². The third-order valence-corrected chi connectivity index (χ3v) is 5.93. The summed E-state index contributed by atoms with van der Waals surface area (Å²) in [4.78, 5) is 28.0. The van der Waals surface area contributed by atoms with Crippen molar-refractivity contribution < 1.29 is 23.8 Å². The van der Waals surface area contributed by atoms with Crippen molar-refractivity contribution in [3.8, 4) is 17.2 Å². The normalized spacial score (nSPS) is 12.9. The van der Waals surface area contributed by atoms with Gasteiger partial charge in [0.15, 0.2) is 11.5 Å². The Bertz CT molecular complexity index is 855. The Morgan fingerprint density at radius 3 is 2.52 bits per heavy atom. The summed E-state index contributed by atoms with van der Waals surface area (Å²) in [6.45, 7) is 1.72. The highest BCUT2D eigenvalue weighted by Gasteiger charge is 2.21. The first-order valence-corrected chi connectivity index (χ1v) is 10.3. The Hall–Kier alpha value is -2.74. The Labute approximate surface area is 174 Å². The summed E-state index contributed by atoms with van der Waals surface area (Å²) >= 11 is 1.75. The Morgan fingerprint density at radius 2 is 1.86 bits per heavy atom. The molecule has 7 nitrogen and oxygen atoms in total. The summed E-state index contributed by atoms with van der Waals surface area (Å²) in [5.41, 5.74) is 1.98. The van der Waals surface area contributed by atoms with Crippen LogP contribution in [0.2, 0.25) is 0 Å². The molecule has 8 heteroatoms. The van der Waals surface area contributed by atoms with E-state index in [9.17, 15) is 9.59 Å². The standard InChI is InChI=1S/C21H26N2O5S/c1-26-16-10-14(11-17(27-2)21(16)28-3)12-19(24)22-7-4-20(25)23-8-5-18-15(13-23)6-9-29-18/h6,9-11H,4-5,7-8,12-13H2,1-3H3,(H,22,24). The number of thiophene rings is 1. The van der Waals surface area contributed by atoms with Gasteiger partial charge in [-0.2, -0.15) is 0 Å². The lowest BCUT2D eigenvalue weighted by atomic mass is 10.1. The highest BCUT2D eigenvalue weighted by Crippen LogP contribution is 2.38. The number of hydrogen-bond donors (Lipinski definition) is 1. The van der Waals surface area contributed by atoms with Crippen molar-refractivity contribution in [1.29, 1.82) is 0 Å². The van der Waals surface area contributed by atoms with Gasteiger partial charge in [-0.25, -0.2) is 0 Å². The van der Waals surface area contributed by atoms with E-state index in [4.69, 9.17) is 14.2 Å². The van der Waals surface area contributed by atoms with Crippen molar-refractivity contribution >= 4 is 23.2 Å². The molecular weight excluding hydrogens is 392 g/mol. The van der Waals surface area contributed by atoms with Crippen molar-refractivity contribution in [3.63, 3.8) is 0 Å². The Kier molecular flexibility index (Phi) is 6.98. The van der Waals surface area contributed by atoms with Crippen molar-refractivity contribution in [1.82, 2.24) is 10.2 Å². The number of fused-ring (bicyclic) bond motifs is 1. The maximum atomic E-state index is 12.4. The second kappa shape index (κ2) is 9.65. The number of carbonyl (C=O) groups excluding carboxylic acids is 2. The molecule has 29 heavy (non-hydrogen) atoms. The molecule has 1 N–H and O–H groups in total. The van der Waals surface area contributed by atoms with Crippen molar-refractivity contribution in [3.05, 3.63) is 39.6 Å². The third-order valence-electron chi connectivity index (χ3n) is 4.91. The largest absolute Gasteiger partial charge is 0.493 e. The molecule has 3 rings (SSSR count). The molecular formula is C21H26N2O5S. The van der Waals surface area contributed by atoms with Gasteiger partial charge in [0.1, 0.15) is 0 Å². The lowest BCUT2D eigenvalue weighted by molar-refractivity contribution is -0.132. The molecule has 1 aromatic heterocycles. The Morgan fingerprint density at radius 1 is 1.14 bits per heavy atom. The molecule has 0 saturated heterocycles. The van der Waals surface area contributed by atoms with Crippen LogP contribution in [0.3, 0.4) is 0 Å². The van der Waals surface area contributed by atoms with Gasteiger partial charge in [-0.1, -0.05) is 0 Å². The van der Waals surface area contributed by atoms with E-state index in [1.54, 1.807) is 23.5 Å². The molecule has 1 aromatic carbocycles. The first-order chi connectivity index (χ1) is 14.0. The van der Waals surface area contributed by atoms with E-state index in [0.29, 0.717) is 36.8 Å². The van der Waals surface area contributed by atoms with Crippen molar-refractivity contribution in [2.75, 3.05) is 34.4 Å². The molecule has 0 saturated carbocycles. The number of methoxy groups -OCH3 is 3. The van der Waals surface area contributed by atoms with Crippen LogP contribution in [0.1, 0.15) is 22.4 Å². The molecule has 0 fully saturated rings. The smallest absolute Gasteiger partial charge is 0.224 e.